The fourth-order valence-corrected chi connectivity index (χ4v) is 4.98. The first-order valence-corrected chi connectivity index (χ1v) is 10.9. The molecule has 2 aromatic heterocycles. The van der Waals surface area contributed by atoms with E-state index in [1.54, 1.807) is 16.9 Å². The first-order chi connectivity index (χ1) is 13.4. The molecule has 0 aromatic carbocycles. The highest BCUT2D eigenvalue weighted by molar-refractivity contribution is 7.99. The number of aryl methyl sites for hydroxylation is 1. The molecule has 0 fully saturated rings. The second-order valence-corrected chi connectivity index (χ2v) is 8.18. The van der Waals surface area contributed by atoms with E-state index in [0.717, 1.165) is 5.69 Å². The molecular weight excluding hydrogens is 400 g/mol. The zero-order chi connectivity index (χ0) is 20.3. The standard InChI is InChI=1S/C18H22N4O4S2/c1-4-13-10(3)19-18-22(16(13)25)12(9-28-18)7-14(23)21-17-20-11(8-27-17)6-15(24)26-5-2/h8,12H,4-7,9H2,1-3H3,(H,20,21,23). The van der Waals surface area contributed by atoms with E-state index < -0.39 is 0 Å². The zero-order valence-corrected chi connectivity index (χ0v) is 17.6. The van der Waals surface area contributed by atoms with E-state index in [9.17, 15) is 14.4 Å². The first-order valence-electron chi connectivity index (χ1n) is 9.07. The van der Waals surface area contributed by atoms with Crippen molar-refractivity contribution in [1.29, 1.82) is 0 Å². The van der Waals surface area contributed by atoms with Gasteiger partial charge in [-0.3, -0.25) is 19.0 Å². The van der Waals surface area contributed by atoms with Gasteiger partial charge in [0.05, 0.1) is 24.8 Å². The Kier molecular flexibility index (Phi) is 6.50. The maximum Gasteiger partial charge on any atom is 0.311 e. The van der Waals surface area contributed by atoms with Crippen molar-refractivity contribution in [2.24, 2.45) is 0 Å². The van der Waals surface area contributed by atoms with Crippen molar-refractivity contribution in [1.82, 2.24) is 14.5 Å². The van der Waals surface area contributed by atoms with Crippen LogP contribution >= 0.6 is 23.1 Å². The minimum atomic E-state index is -0.348. The highest BCUT2D eigenvalue weighted by Gasteiger charge is 2.29. The molecule has 1 N–H and O–H groups in total. The van der Waals surface area contributed by atoms with Gasteiger partial charge in [0.1, 0.15) is 0 Å². The molecule has 0 spiro atoms. The van der Waals surface area contributed by atoms with E-state index in [2.05, 4.69) is 15.3 Å². The van der Waals surface area contributed by atoms with Crippen molar-refractivity contribution in [2.45, 2.75) is 51.2 Å². The van der Waals surface area contributed by atoms with Crippen LogP contribution in [0.15, 0.2) is 15.3 Å². The summed E-state index contributed by atoms with van der Waals surface area (Å²) in [5.74, 6) is 0.0639. The van der Waals surface area contributed by atoms with Crippen LogP contribution in [0.2, 0.25) is 0 Å². The number of hydrogen-bond acceptors (Lipinski definition) is 8. The van der Waals surface area contributed by atoms with Gasteiger partial charge in [0.15, 0.2) is 10.3 Å². The van der Waals surface area contributed by atoms with Crippen molar-refractivity contribution in [3.05, 3.63) is 32.7 Å². The quantitative estimate of drug-likeness (QED) is 0.540. The normalized spacial score (nSPS) is 15.3. The van der Waals surface area contributed by atoms with E-state index in [-0.39, 0.29) is 36.3 Å². The van der Waals surface area contributed by atoms with Gasteiger partial charge in [-0.05, 0) is 20.3 Å². The van der Waals surface area contributed by atoms with Gasteiger partial charge in [0.25, 0.3) is 5.56 Å². The predicted molar refractivity (Wildman–Crippen MR) is 108 cm³/mol. The summed E-state index contributed by atoms with van der Waals surface area (Å²) in [6.07, 6.45) is 0.859. The predicted octanol–water partition coefficient (Wildman–Crippen LogP) is 2.35. The Hall–Kier alpha value is -2.20. The molecule has 1 atom stereocenters. The number of amides is 1. The highest BCUT2D eigenvalue weighted by atomic mass is 32.2. The first kappa shape index (κ1) is 20.5. The molecule has 1 aliphatic rings. The second kappa shape index (κ2) is 8.87. The average Bonchev–Trinajstić information content (AvgIpc) is 3.22. The van der Waals surface area contributed by atoms with E-state index in [0.29, 0.717) is 40.3 Å². The maximum absolute atomic E-state index is 12.7. The number of esters is 1. The van der Waals surface area contributed by atoms with Crippen LogP contribution in [-0.4, -0.2) is 38.8 Å². The van der Waals surface area contributed by atoms with Crippen LogP contribution in [-0.2, 0) is 27.2 Å². The van der Waals surface area contributed by atoms with Crippen molar-refractivity contribution >= 4 is 40.1 Å². The summed E-state index contributed by atoms with van der Waals surface area (Å²) in [6.45, 7) is 5.84. The van der Waals surface area contributed by atoms with Crippen LogP contribution in [0.4, 0.5) is 5.13 Å². The number of anilines is 1. The number of aromatic nitrogens is 3. The Morgan fingerprint density at radius 1 is 1.36 bits per heavy atom. The molecule has 1 aliphatic heterocycles. The van der Waals surface area contributed by atoms with E-state index in [4.69, 9.17) is 4.74 Å². The summed E-state index contributed by atoms with van der Waals surface area (Å²) in [4.78, 5) is 45.5. The SMILES string of the molecule is CCOC(=O)Cc1csc(NC(=O)CC2CSc3nc(C)c(CC)c(=O)n32)n1. The number of thioether (sulfide) groups is 1. The number of carbonyl (C=O) groups is 2. The van der Waals surface area contributed by atoms with Gasteiger partial charge in [-0.2, -0.15) is 0 Å². The summed E-state index contributed by atoms with van der Waals surface area (Å²) in [7, 11) is 0. The number of carbonyl (C=O) groups excluding carboxylic acids is 2. The smallest absolute Gasteiger partial charge is 0.311 e. The summed E-state index contributed by atoms with van der Waals surface area (Å²) in [5, 5.41) is 5.58. The number of nitrogens with zero attached hydrogens (tertiary/aromatic N) is 3. The molecule has 1 unspecified atom stereocenters. The number of nitrogens with one attached hydrogen (secondary N) is 1. The van der Waals surface area contributed by atoms with Crippen molar-refractivity contribution in [3.63, 3.8) is 0 Å². The van der Waals surface area contributed by atoms with Gasteiger partial charge in [-0.1, -0.05) is 18.7 Å². The Morgan fingerprint density at radius 2 is 2.14 bits per heavy atom. The van der Waals surface area contributed by atoms with Crippen LogP contribution in [0, 0.1) is 6.92 Å². The Morgan fingerprint density at radius 3 is 2.86 bits per heavy atom. The maximum atomic E-state index is 12.7. The van der Waals surface area contributed by atoms with Crippen molar-refractivity contribution in [3.8, 4) is 0 Å². The molecule has 3 rings (SSSR count). The number of thiazole rings is 1. The van der Waals surface area contributed by atoms with Crippen molar-refractivity contribution < 1.29 is 14.3 Å². The Bertz CT molecular complexity index is 954. The average molecular weight is 423 g/mol. The highest BCUT2D eigenvalue weighted by Crippen LogP contribution is 2.33. The molecule has 0 saturated heterocycles. The molecule has 10 heteroatoms. The summed E-state index contributed by atoms with van der Waals surface area (Å²) >= 11 is 2.75. The molecule has 0 aliphatic carbocycles. The molecule has 0 radical (unpaired) electrons. The molecular formula is C18H22N4O4S2. The second-order valence-electron chi connectivity index (χ2n) is 6.33. The molecule has 1 amide bonds. The fraction of sp³-hybridized carbons (Fsp3) is 0.500. The molecule has 150 valence electrons. The molecule has 0 saturated carbocycles. The monoisotopic (exact) mass is 422 g/mol. The van der Waals surface area contributed by atoms with E-state index >= 15 is 0 Å². The number of ether oxygens (including phenoxy) is 1. The van der Waals surface area contributed by atoms with Gasteiger partial charge in [-0.25, -0.2) is 9.97 Å². The number of rotatable bonds is 7. The van der Waals surface area contributed by atoms with Gasteiger partial charge in [0, 0.05) is 28.8 Å². The number of hydrogen-bond donors (Lipinski definition) is 1. The Labute approximate surface area is 170 Å². The minimum Gasteiger partial charge on any atom is -0.466 e. The van der Waals surface area contributed by atoms with Crippen LogP contribution in [0.1, 0.15) is 43.3 Å². The fourth-order valence-electron chi connectivity index (χ4n) is 3.07. The lowest BCUT2D eigenvalue weighted by atomic mass is 10.1. The van der Waals surface area contributed by atoms with Crippen LogP contribution in [0.25, 0.3) is 0 Å². The molecule has 28 heavy (non-hydrogen) atoms. The lowest BCUT2D eigenvalue weighted by Gasteiger charge is -2.14. The van der Waals surface area contributed by atoms with Gasteiger partial charge in [0.2, 0.25) is 5.91 Å². The summed E-state index contributed by atoms with van der Waals surface area (Å²) < 4.78 is 6.54. The molecule has 0 bridgehead atoms. The topological polar surface area (TPSA) is 103 Å². The zero-order valence-electron chi connectivity index (χ0n) is 16.0. The lowest BCUT2D eigenvalue weighted by molar-refractivity contribution is -0.142. The lowest BCUT2D eigenvalue weighted by Crippen LogP contribution is -2.30. The van der Waals surface area contributed by atoms with Gasteiger partial charge < -0.3 is 10.1 Å². The van der Waals surface area contributed by atoms with Gasteiger partial charge in [-0.15, -0.1) is 11.3 Å². The third-order valence-electron chi connectivity index (χ3n) is 4.36. The van der Waals surface area contributed by atoms with Crippen LogP contribution in [0.5, 0.6) is 0 Å². The third kappa shape index (κ3) is 4.44. The summed E-state index contributed by atoms with van der Waals surface area (Å²) in [6, 6.07) is -0.232. The molecule has 8 nitrogen and oxygen atoms in total. The largest absolute Gasteiger partial charge is 0.466 e. The Balaban J connectivity index is 1.66. The minimum absolute atomic E-state index is 0.0567. The van der Waals surface area contributed by atoms with Crippen LogP contribution in [0.3, 0.4) is 0 Å². The van der Waals surface area contributed by atoms with E-state index in [1.165, 1.54) is 23.1 Å². The van der Waals surface area contributed by atoms with Gasteiger partial charge >= 0.3 is 5.97 Å². The number of fused-ring (bicyclic) bond motifs is 1. The van der Waals surface area contributed by atoms with Crippen LogP contribution < -0.4 is 10.9 Å². The summed E-state index contributed by atoms with van der Waals surface area (Å²) in [5.41, 5.74) is 1.95. The molecule has 3 heterocycles. The van der Waals surface area contributed by atoms with E-state index in [1.807, 2.05) is 13.8 Å². The molecule has 2 aromatic rings. The third-order valence-corrected chi connectivity index (χ3v) is 6.26. The van der Waals surface area contributed by atoms with Crippen molar-refractivity contribution in [2.75, 3.05) is 17.7 Å².